The van der Waals surface area contributed by atoms with Crippen LogP contribution < -0.4 is 10.6 Å². The fourth-order valence-electron chi connectivity index (χ4n) is 2.84. The molecule has 1 aliphatic heterocycles. The number of carbonyl (C=O) groups excluding carboxylic acids is 1. The van der Waals surface area contributed by atoms with Crippen molar-refractivity contribution in [3.05, 3.63) is 17.6 Å². The topological polar surface area (TPSA) is 70.2 Å². The molecular weight excluding hydrogens is 302 g/mol. The van der Waals surface area contributed by atoms with Gasteiger partial charge in [-0.3, -0.25) is 9.69 Å². The summed E-state index contributed by atoms with van der Waals surface area (Å²) in [5, 5.41) is 6.26. The van der Waals surface area contributed by atoms with Crippen LogP contribution in [0.4, 0.5) is 5.82 Å². The Morgan fingerprint density at radius 3 is 2.42 bits per heavy atom. The SMILES string of the molecule is CNC(=O)CN1CCC(Nc2cc(C(C)C)nc(C(C)C)n2)CC1. The fourth-order valence-corrected chi connectivity index (χ4v) is 2.84. The molecule has 0 aromatic carbocycles. The second-order valence-electron chi connectivity index (χ2n) is 7.21. The molecule has 0 unspecified atom stereocenters. The average Bonchev–Trinajstić information content (AvgIpc) is 2.56. The van der Waals surface area contributed by atoms with Crippen LogP contribution in [0, 0.1) is 0 Å². The summed E-state index contributed by atoms with van der Waals surface area (Å²) in [6.45, 7) is 10.9. The van der Waals surface area contributed by atoms with Crippen molar-refractivity contribution in [1.82, 2.24) is 20.2 Å². The summed E-state index contributed by atoms with van der Waals surface area (Å²) >= 11 is 0. The van der Waals surface area contributed by atoms with Gasteiger partial charge in [0.05, 0.1) is 6.54 Å². The van der Waals surface area contributed by atoms with Gasteiger partial charge in [-0.25, -0.2) is 9.97 Å². The highest BCUT2D eigenvalue weighted by molar-refractivity contribution is 5.77. The number of likely N-dealkylation sites (tertiary alicyclic amines) is 1. The van der Waals surface area contributed by atoms with Gasteiger partial charge in [0, 0.05) is 43.9 Å². The molecule has 2 heterocycles. The van der Waals surface area contributed by atoms with E-state index < -0.39 is 0 Å². The summed E-state index contributed by atoms with van der Waals surface area (Å²) in [4.78, 5) is 23.0. The molecule has 0 bridgehead atoms. The predicted octanol–water partition coefficient (Wildman–Crippen LogP) is 2.35. The first kappa shape index (κ1) is 18.6. The van der Waals surface area contributed by atoms with E-state index in [0.717, 1.165) is 43.3 Å². The number of aromatic nitrogens is 2. The molecule has 1 aromatic rings. The maximum atomic E-state index is 11.5. The number of likely N-dealkylation sites (N-methyl/N-ethyl adjacent to an activating group) is 1. The van der Waals surface area contributed by atoms with Crippen LogP contribution in [-0.4, -0.2) is 53.5 Å². The van der Waals surface area contributed by atoms with Gasteiger partial charge < -0.3 is 10.6 Å². The van der Waals surface area contributed by atoms with E-state index in [9.17, 15) is 4.79 Å². The molecule has 1 fully saturated rings. The highest BCUT2D eigenvalue weighted by atomic mass is 16.1. The van der Waals surface area contributed by atoms with E-state index in [-0.39, 0.29) is 5.91 Å². The lowest BCUT2D eigenvalue weighted by atomic mass is 10.0. The molecular formula is C18H31N5O. The van der Waals surface area contributed by atoms with Gasteiger partial charge in [-0.05, 0) is 18.8 Å². The van der Waals surface area contributed by atoms with Crippen LogP contribution in [0.2, 0.25) is 0 Å². The minimum Gasteiger partial charge on any atom is -0.367 e. The Hall–Kier alpha value is -1.69. The summed E-state index contributed by atoms with van der Waals surface area (Å²) in [6, 6.07) is 2.48. The predicted molar refractivity (Wildman–Crippen MR) is 97.4 cm³/mol. The molecule has 0 saturated carbocycles. The Morgan fingerprint density at radius 2 is 1.88 bits per heavy atom. The van der Waals surface area contributed by atoms with Crippen LogP contribution in [-0.2, 0) is 4.79 Å². The largest absolute Gasteiger partial charge is 0.367 e. The number of nitrogens with zero attached hydrogens (tertiary/aromatic N) is 3. The van der Waals surface area contributed by atoms with Crippen molar-refractivity contribution in [2.75, 3.05) is 32.0 Å². The smallest absolute Gasteiger partial charge is 0.233 e. The minimum atomic E-state index is 0.0837. The zero-order chi connectivity index (χ0) is 17.7. The van der Waals surface area contributed by atoms with E-state index in [0.29, 0.717) is 24.4 Å². The number of anilines is 1. The second kappa shape index (κ2) is 8.42. The zero-order valence-corrected chi connectivity index (χ0v) is 15.6. The molecule has 1 saturated heterocycles. The van der Waals surface area contributed by atoms with Crippen LogP contribution in [0.3, 0.4) is 0 Å². The minimum absolute atomic E-state index is 0.0837. The van der Waals surface area contributed by atoms with E-state index in [4.69, 9.17) is 4.98 Å². The number of rotatable bonds is 6. The third-order valence-electron chi connectivity index (χ3n) is 4.46. The standard InChI is InChI=1S/C18H31N5O/c1-12(2)15-10-16(22-18(21-15)13(3)4)20-14-6-8-23(9-7-14)11-17(24)19-5/h10,12-14H,6-9,11H2,1-5H3,(H,19,24)(H,20,21,22). The highest BCUT2D eigenvalue weighted by Crippen LogP contribution is 2.21. The quantitative estimate of drug-likeness (QED) is 0.836. The van der Waals surface area contributed by atoms with Crippen molar-refractivity contribution in [1.29, 1.82) is 0 Å². The summed E-state index contributed by atoms with van der Waals surface area (Å²) in [5.74, 6) is 2.63. The van der Waals surface area contributed by atoms with Gasteiger partial charge in [0.15, 0.2) is 0 Å². The van der Waals surface area contributed by atoms with Gasteiger partial charge in [0.2, 0.25) is 5.91 Å². The lowest BCUT2D eigenvalue weighted by Gasteiger charge is -2.32. The normalized spacial score (nSPS) is 16.6. The Balaban J connectivity index is 1.98. The first-order valence-electron chi connectivity index (χ1n) is 8.97. The molecule has 24 heavy (non-hydrogen) atoms. The number of hydrogen-bond donors (Lipinski definition) is 2. The zero-order valence-electron chi connectivity index (χ0n) is 15.6. The van der Waals surface area contributed by atoms with Crippen molar-refractivity contribution in [2.45, 2.75) is 58.4 Å². The maximum absolute atomic E-state index is 11.5. The third kappa shape index (κ3) is 5.16. The molecule has 0 spiro atoms. The van der Waals surface area contributed by atoms with E-state index in [1.165, 1.54) is 0 Å². The lowest BCUT2D eigenvalue weighted by Crippen LogP contribution is -2.43. The monoisotopic (exact) mass is 333 g/mol. The maximum Gasteiger partial charge on any atom is 0.233 e. The van der Waals surface area contributed by atoms with Crippen LogP contribution in [0.5, 0.6) is 0 Å². The Kier molecular flexibility index (Phi) is 6.54. The highest BCUT2D eigenvalue weighted by Gasteiger charge is 2.21. The van der Waals surface area contributed by atoms with Crippen molar-refractivity contribution < 1.29 is 4.79 Å². The van der Waals surface area contributed by atoms with Crippen LogP contribution in [0.15, 0.2) is 6.07 Å². The van der Waals surface area contributed by atoms with Crippen molar-refractivity contribution in [3.8, 4) is 0 Å². The Labute approximate surface area is 145 Å². The number of piperidine rings is 1. The van der Waals surface area contributed by atoms with E-state index >= 15 is 0 Å². The number of amides is 1. The molecule has 0 atom stereocenters. The molecule has 2 N–H and O–H groups in total. The van der Waals surface area contributed by atoms with E-state index in [1.807, 2.05) is 0 Å². The van der Waals surface area contributed by atoms with Crippen molar-refractivity contribution >= 4 is 11.7 Å². The van der Waals surface area contributed by atoms with Gasteiger partial charge in [0.25, 0.3) is 0 Å². The molecule has 134 valence electrons. The first-order valence-corrected chi connectivity index (χ1v) is 8.97. The number of nitrogens with one attached hydrogen (secondary N) is 2. The fraction of sp³-hybridized carbons (Fsp3) is 0.722. The Morgan fingerprint density at radius 1 is 1.21 bits per heavy atom. The molecule has 6 heteroatoms. The molecule has 2 rings (SSSR count). The van der Waals surface area contributed by atoms with Crippen LogP contribution >= 0.6 is 0 Å². The second-order valence-corrected chi connectivity index (χ2v) is 7.21. The molecule has 1 aromatic heterocycles. The van der Waals surface area contributed by atoms with E-state index in [1.54, 1.807) is 7.05 Å². The van der Waals surface area contributed by atoms with Gasteiger partial charge in [0.1, 0.15) is 11.6 Å². The van der Waals surface area contributed by atoms with Gasteiger partial charge >= 0.3 is 0 Å². The van der Waals surface area contributed by atoms with Crippen LogP contribution in [0.25, 0.3) is 0 Å². The summed E-state index contributed by atoms with van der Waals surface area (Å²) < 4.78 is 0. The molecule has 0 radical (unpaired) electrons. The molecule has 6 nitrogen and oxygen atoms in total. The number of carbonyl (C=O) groups is 1. The van der Waals surface area contributed by atoms with Crippen molar-refractivity contribution in [3.63, 3.8) is 0 Å². The summed E-state index contributed by atoms with van der Waals surface area (Å²) in [5.41, 5.74) is 1.09. The van der Waals surface area contributed by atoms with E-state index in [2.05, 4.69) is 54.3 Å². The van der Waals surface area contributed by atoms with Crippen molar-refractivity contribution in [2.24, 2.45) is 0 Å². The molecule has 1 aliphatic rings. The average molecular weight is 333 g/mol. The number of hydrogen-bond acceptors (Lipinski definition) is 5. The summed E-state index contributed by atoms with van der Waals surface area (Å²) in [7, 11) is 1.68. The van der Waals surface area contributed by atoms with Gasteiger partial charge in [-0.2, -0.15) is 0 Å². The Bertz CT molecular complexity index is 524. The van der Waals surface area contributed by atoms with Gasteiger partial charge in [-0.1, -0.05) is 27.7 Å². The lowest BCUT2D eigenvalue weighted by molar-refractivity contribution is -0.122. The first-order chi connectivity index (χ1) is 11.4. The summed E-state index contributed by atoms with van der Waals surface area (Å²) in [6.07, 6.45) is 2.05. The molecule has 0 aliphatic carbocycles. The molecule has 1 amide bonds. The van der Waals surface area contributed by atoms with Crippen LogP contribution in [0.1, 0.15) is 63.9 Å². The third-order valence-corrected chi connectivity index (χ3v) is 4.46. The van der Waals surface area contributed by atoms with Gasteiger partial charge in [-0.15, -0.1) is 0 Å².